The summed E-state index contributed by atoms with van der Waals surface area (Å²) in [6, 6.07) is -0.997. The molecule has 0 bridgehead atoms. The zero-order valence-electron chi connectivity index (χ0n) is 11.7. The lowest BCUT2D eigenvalue weighted by Crippen LogP contribution is -2.64. The van der Waals surface area contributed by atoms with E-state index in [1.807, 2.05) is 13.8 Å². The van der Waals surface area contributed by atoms with E-state index >= 15 is 0 Å². The normalized spacial score (nSPS) is 22.0. The topological polar surface area (TPSA) is 69.6 Å². The summed E-state index contributed by atoms with van der Waals surface area (Å²) in [5.41, 5.74) is -3.24. The number of halogens is 3. The number of piperidine rings is 1. The summed E-state index contributed by atoms with van der Waals surface area (Å²) in [6.45, 7) is 5.10. The van der Waals surface area contributed by atoms with Crippen LogP contribution in [0.2, 0.25) is 0 Å². The van der Waals surface area contributed by atoms with Crippen molar-refractivity contribution in [2.24, 2.45) is 5.41 Å². The summed E-state index contributed by atoms with van der Waals surface area (Å²) < 4.78 is 38.4. The third-order valence-corrected chi connectivity index (χ3v) is 3.76. The number of likely N-dealkylation sites (tertiary alicyclic amines) is 1. The lowest BCUT2D eigenvalue weighted by molar-refractivity contribution is -0.203. The molecule has 0 saturated carbocycles. The number of carboxylic acid groups (broad SMARTS) is 1. The number of alkyl halides is 3. The van der Waals surface area contributed by atoms with Crippen LogP contribution in [-0.2, 0) is 4.79 Å². The van der Waals surface area contributed by atoms with Crippen molar-refractivity contribution in [1.82, 2.24) is 10.2 Å². The van der Waals surface area contributed by atoms with Crippen molar-refractivity contribution in [1.29, 1.82) is 0 Å². The van der Waals surface area contributed by atoms with Crippen LogP contribution in [0.1, 0.15) is 33.6 Å². The molecule has 1 heterocycles. The minimum atomic E-state index is -5.07. The molecule has 1 unspecified atom stereocenters. The summed E-state index contributed by atoms with van der Waals surface area (Å²) in [5.74, 6) is -2.13. The van der Waals surface area contributed by atoms with E-state index in [2.05, 4.69) is 0 Å². The van der Waals surface area contributed by atoms with Crippen LogP contribution in [-0.4, -0.2) is 46.8 Å². The predicted octanol–water partition coefficient (Wildman–Crippen LogP) is 2.22. The van der Waals surface area contributed by atoms with Crippen LogP contribution in [0.25, 0.3) is 0 Å². The Bertz CT molecular complexity index is 399. The van der Waals surface area contributed by atoms with Gasteiger partial charge in [-0.15, -0.1) is 0 Å². The molecule has 2 N–H and O–H groups in total. The average molecular weight is 296 g/mol. The lowest BCUT2D eigenvalue weighted by atomic mass is 9.83. The maximum absolute atomic E-state index is 12.8. The van der Waals surface area contributed by atoms with Gasteiger partial charge in [-0.25, -0.2) is 9.59 Å². The first-order valence-corrected chi connectivity index (χ1v) is 6.26. The number of nitrogens with one attached hydrogen (secondary N) is 1. The molecule has 1 aliphatic heterocycles. The maximum atomic E-state index is 12.8. The van der Waals surface area contributed by atoms with Gasteiger partial charge in [0.1, 0.15) is 0 Å². The fourth-order valence-corrected chi connectivity index (χ4v) is 1.85. The Hall–Kier alpha value is -1.47. The standard InChI is InChI=1S/C12H19F3N2O3/c1-10(2)4-6-17(7-5-10)9(20)16-11(3,8(18)19)12(13,14)15/h4-7H2,1-3H3,(H,16,20)(H,18,19). The van der Waals surface area contributed by atoms with Gasteiger partial charge >= 0.3 is 18.2 Å². The first-order chi connectivity index (χ1) is 8.89. The summed E-state index contributed by atoms with van der Waals surface area (Å²) >= 11 is 0. The first-order valence-electron chi connectivity index (χ1n) is 6.26. The van der Waals surface area contributed by atoms with Gasteiger partial charge in [0.05, 0.1) is 0 Å². The van der Waals surface area contributed by atoms with Gasteiger partial charge in [0.25, 0.3) is 0 Å². The minimum absolute atomic E-state index is 0.0386. The summed E-state index contributed by atoms with van der Waals surface area (Å²) in [6.07, 6.45) is -3.74. The summed E-state index contributed by atoms with van der Waals surface area (Å²) in [7, 11) is 0. The van der Waals surface area contributed by atoms with Crippen molar-refractivity contribution in [2.75, 3.05) is 13.1 Å². The highest BCUT2D eigenvalue weighted by Crippen LogP contribution is 2.32. The molecular formula is C12H19F3N2O3. The van der Waals surface area contributed by atoms with Crippen LogP contribution < -0.4 is 5.32 Å². The highest BCUT2D eigenvalue weighted by Gasteiger charge is 2.59. The molecule has 0 aromatic heterocycles. The molecule has 1 aliphatic rings. The fraction of sp³-hybridized carbons (Fsp3) is 0.833. The SMILES string of the molecule is CC1(C)CCN(C(=O)NC(C)(C(=O)O)C(F)(F)F)CC1. The molecule has 1 rings (SSSR count). The quantitative estimate of drug-likeness (QED) is 0.821. The van der Waals surface area contributed by atoms with E-state index < -0.39 is 23.7 Å². The number of rotatable bonds is 2. The van der Waals surface area contributed by atoms with E-state index in [-0.39, 0.29) is 5.41 Å². The summed E-state index contributed by atoms with van der Waals surface area (Å²) in [5, 5.41) is 10.3. The van der Waals surface area contributed by atoms with Gasteiger partial charge in [-0.2, -0.15) is 13.2 Å². The van der Waals surface area contributed by atoms with Crippen LogP contribution in [0.3, 0.4) is 0 Å². The van der Waals surface area contributed by atoms with E-state index in [1.165, 1.54) is 4.90 Å². The predicted molar refractivity (Wildman–Crippen MR) is 65.2 cm³/mol. The van der Waals surface area contributed by atoms with Gasteiger partial charge < -0.3 is 15.3 Å². The number of carboxylic acids is 1. The minimum Gasteiger partial charge on any atom is -0.479 e. The molecule has 0 aliphatic carbocycles. The van der Waals surface area contributed by atoms with E-state index in [1.54, 1.807) is 5.32 Å². The average Bonchev–Trinajstić information content (AvgIpc) is 2.26. The van der Waals surface area contributed by atoms with Crippen molar-refractivity contribution in [3.05, 3.63) is 0 Å². The molecule has 1 atom stereocenters. The highest BCUT2D eigenvalue weighted by molar-refractivity contribution is 5.86. The molecule has 1 saturated heterocycles. The molecule has 0 aromatic carbocycles. The van der Waals surface area contributed by atoms with Gasteiger partial charge in [-0.3, -0.25) is 0 Å². The van der Waals surface area contributed by atoms with Crippen LogP contribution in [0.4, 0.5) is 18.0 Å². The number of nitrogens with zero attached hydrogens (tertiary/aromatic N) is 1. The molecule has 116 valence electrons. The molecule has 2 amide bonds. The molecule has 1 fully saturated rings. The Kier molecular flexibility index (Phi) is 4.26. The van der Waals surface area contributed by atoms with Crippen LogP contribution in [0.15, 0.2) is 0 Å². The number of carbonyl (C=O) groups excluding carboxylic acids is 1. The van der Waals surface area contributed by atoms with E-state index in [4.69, 9.17) is 5.11 Å². The third-order valence-electron chi connectivity index (χ3n) is 3.76. The lowest BCUT2D eigenvalue weighted by Gasteiger charge is -2.38. The van der Waals surface area contributed by atoms with Gasteiger partial charge in [0.2, 0.25) is 5.54 Å². The Balaban J connectivity index is 2.77. The number of urea groups is 1. The Morgan fingerprint density at radius 2 is 1.65 bits per heavy atom. The van der Waals surface area contributed by atoms with Crippen LogP contribution in [0, 0.1) is 5.41 Å². The second-order valence-corrected chi connectivity index (χ2v) is 6.01. The maximum Gasteiger partial charge on any atom is 0.422 e. The number of hydrogen-bond acceptors (Lipinski definition) is 2. The van der Waals surface area contributed by atoms with Crippen molar-refractivity contribution in [3.63, 3.8) is 0 Å². The van der Waals surface area contributed by atoms with E-state index in [9.17, 15) is 22.8 Å². The Morgan fingerprint density at radius 1 is 1.20 bits per heavy atom. The summed E-state index contributed by atoms with van der Waals surface area (Å²) in [4.78, 5) is 23.9. The highest BCUT2D eigenvalue weighted by atomic mass is 19.4. The molecule has 0 radical (unpaired) electrons. The number of hydrogen-bond donors (Lipinski definition) is 2. The molecule has 20 heavy (non-hydrogen) atoms. The second kappa shape index (κ2) is 5.14. The van der Waals surface area contributed by atoms with E-state index in [0.717, 1.165) is 0 Å². The molecule has 0 spiro atoms. The van der Waals surface area contributed by atoms with Crippen LogP contribution in [0.5, 0.6) is 0 Å². The first kappa shape index (κ1) is 16.6. The second-order valence-electron chi connectivity index (χ2n) is 6.01. The van der Waals surface area contributed by atoms with Gasteiger partial charge in [0.15, 0.2) is 0 Å². The van der Waals surface area contributed by atoms with Crippen molar-refractivity contribution < 1.29 is 27.9 Å². The van der Waals surface area contributed by atoms with Crippen molar-refractivity contribution in [2.45, 2.75) is 45.3 Å². The molecule has 0 aromatic rings. The van der Waals surface area contributed by atoms with Gasteiger partial charge in [-0.05, 0) is 25.2 Å². The molecular weight excluding hydrogens is 277 g/mol. The number of amides is 2. The van der Waals surface area contributed by atoms with Crippen molar-refractivity contribution >= 4 is 12.0 Å². The van der Waals surface area contributed by atoms with E-state index in [0.29, 0.717) is 32.9 Å². The van der Waals surface area contributed by atoms with Gasteiger partial charge in [0, 0.05) is 13.1 Å². The third kappa shape index (κ3) is 3.34. The largest absolute Gasteiger partial charge is 0.479 e. The van der Waals surface area contributed by atoms with Crippen LogP contribution >= 0.6 is 0 Å². The smallest absolute Gasteiger partial charge is 0.422 e. The Morgan fingerprint density at radius 3 is 2.00 bits per heavy atom. The molecule has 8 heteroatoms. The zero-order chi connectivity index (χ0) is 15.8. The number of aliphatic carboxylic acids is 1. The monoisotopic (exact) mass is 296 g/mol. The van der Waals surface area contributed by atoms with Gasteiger partial charge in [-0.1, -0.05) is 13.8 Å². The number of carbonyl (C=O) groups is 2. The zero-order valence-corrected chi connectivity index (χ0v) is 11.7. The Labute approximate surface area is 115 Å². The van der Waals surface area contributed by atoms with Crippen molar-refractivity contribution in [3.8, 4) is 0 Å². The molecule has 5 nitrogen and oxygen atoms in total. The fourth-order valence-electron chi connectivity index (χ4n) is 1.85.